The van der Waals surface area contributed by atoms with E-state index in [1.54, 1.807) is 12.1 Å². The van der Waals surface area contributed by atoms with Crippen LogP contribution in [0.4, 0.5) is 5.82 Å². The van der Waals surface area contributed by atoms with Crippen LogP contribution in [0.5, 0.6) is 0 Å². The van der Waals surface area contributed by atoms with Crippen LogP contribution in [-0.2, 0) is 16.1 Å². The number of anilines is 1. The van der Waals surface area contributed by atoms with Crippen LogP contribution in [0, 0.1) is 5.92 Å². The smallest absolute Gasteiger partial charge is 0.327 e. The van der Waals surface area contributed by atoms with Gasteiger partial charge in [0.2, 0.25) is 11.6 Å². The molecule has 0 saturated carbocycles. The van der Waals surface area contributed by atoms with Crippen molar-refractivity contribution in [2.24, 2.45) is 5.92 Å². The number of carboxylic acid groups (broad SMARTS) is 1. The number of ketones is 1. The van der Waals surface area contributed by atoms with E-state index in [0.29, 0.717) is 47.6 Å². The molecule has 10 nitrogen and oxygen atoms in total. The summed E-state index contributed by atoms with van der Waals surface area (Å²) >= 11 is 6.75. The maximum Gasteiger partial charge on any atom is 0.327 e. The minimum Gasteiger partial charge on any atom is -0.480 e. The second-order valence-electron chi connectivity index (χ2n) is 6.85. The number of nitrogens with zero attached hydrogens (tertiary/aromatic N) is 6. The molecule has 0 amide bonds. The highest BCUT2D eigenvalue weighted by atomic mass is 79.9. The normalized spacial score (nSPS) is 15.9. The third kappa shape index (κ3) is 5.76. The van der Waals surface area contributed by atoms with Crippen molar-refractivity contribution in [3.63, 3.8) is 0 Å². The van der Waals surface area contributed by atoms with Gasteiger partial charge in [-0.05, 0) is 31.1 Å². The van der Waals surface area contributed by atoms with Gasteiger partial charge in [0, 0.05) is 39.6 Å². The Bertz CT molecular complexity index is 1050. The Labute approximate surface area is 194 Å². The predicted octanol–water partition coefficient (Wildman–Crippen LogP) is 3.33. The van der Waals surface area contributed by atoms with Gasteiger partial charge in [-0.1, -0.05) is 49.7 Å². The Kier molecular flexibility index (Phi) is 7.55. The molecule has 1 aliphatic heterocycles. The van der Waals surface area contributed by atoms with Crippen LogP contribution in [0.25, 0.3) is 11.6 Å². The number of rotatable bonds is 8. The first-order valence-corrected chi connectivity index (χ1v) is 11.0. The van der Waals surface area contributed by atoms with Crippen molar-refractivity contribution in [1.29, 1.82) is 0 Å². The SMILES string of the molecule is C=C(Br)/C(=C\C(Br)=C/C)C(=O)C1CCN(c2cc(-c3nnn(CC(=O)O)n3)on2)CC1. The standard InChI is InChI=1S/C19H20Br2N6O4/c1-3-13(21)8-14(11(2)20)18(30)12-4-6-26(7-5-12)16-9-15(31-24-16)19-22-25-27(23-19)10-17(28)29/h3,8-9,12H,2,4-7,10H2,1H3,(H,28,29)/b13-3+,14-8+. The highest BCUT2D eigenvalue weighted by molar-refractivity contribution is 9.12. The lowest BCUT2D eigenvalue weighted by Gasteiger charge is -2.31. The number of carboxylic acids is 1. The number of tetrazole rings is 1. The number of allylic oxidation sites excluding steroid dienone is 5. The fourth-order valence-electron chi connectivity index (χ4n) is 3.15. The zero-order chi connectivity index (χ0) is 22.5. The van der Waals surface area contributed by atoms with Crippen molar-refractivity contribution in [3.8, 4) is 11.6 Å². The third-order valence-electron chi connectivity index (χ3n) is 4.75. The number of aromatic nitrogens is 5. The van der Waals surface area contributed by atoms with E-state index < -0.39 is 12.5 Å². The largest absolute Gasteiger partial charge is 0.480 e. The molecular weight excluding hydrogens is 536 g/mol. The summed E-state index contributed by atoms with van der Waals surface area (Å²) in [7, 11) is 0. The quantitative estimate of drug-likeness (QED) is 0.385. The van der Waals surface area contributed by atoms with E-state index in [0.717, 1.165) is 9.28 Å². The molecule has 1 N–H and O–H groups in total. The van der Waals surface area contributed by atoms with E-state index >= 15 is 0 Å². The topological polar surface area (TPSA) is 127 Å². The Morgan fingerprint density at radius 1 is 1.35 bits per heavy atom. The average molecular weight is 556 g/mol. The van der Waals surface area contributed by atoms with Crippen molar-refractivity contribution >= 4 is 49.4 Å². The van der Waals surface area contributed by atoms with Crippen LogP contribution in [0.3, 0.4) is 0 Å². The van der Waals surface area contributed by atoms with Gasteiger partial charge in [-0.25, -0.2) is 0 Å². The van der Waals surface area contributed by atoms with Crippen molar-refractivity contribution in [3.05, 3.63) is 39.3 Å². The maximum atomic E-state index is 13.0. The number of hydrogen-bond acceptors (Lipinski definition) is 8. The number of carbonyl (C=O) groups is 2. The molecule has 0 unspecified atom stereocenters. The summed E-state index contributed by atoms with van der Waals surface area (Å²) in [5, 5.41) is 24.3. The first-order valence-electron chi connectivity index (χ1n) is 9.42. The number of carbonyl (C=O) groups excluding carboxylic acids is 1. The van der Waals surface area contributed by atoms with Crippen LogP contribution >= 0.6 is 31.9 Å². The summed E-state index contributed by atoms with van der Waals surface area (Å²) in [6.07, 6.45) is 4.97. The molecule has 1 saturated heterocycles. The first-order chi connectivity index (χ1) is 14.8. The van der Waals surface area contributed by atoms with E-state index in [1.807, 2.05) is 17.9 Å². The third-order valence-corrected chi connectivity index (χ3v) is 5.87. The zero-order valence-electron chi connectivity index (χ0n) is 16.7. The molecule has 0 aliphatic carbocycles. The fraction of sp³-hybridized carbons (Fsp3) is 0.368. The summed E-state index contributed by atoms with van der Waals surface area (Å²) < 4.78 is 6.68. The van der Waals surface area contributed by atoms with E-state index in [4.69, 9.17) is 9.63 Å². The van der Waals surface area contributed by atoms with E-state index in [2.05, 4.69) is 59.0 Å². The van der Waals surface area contributed by atoms with Crippen molar-refractivity contribution in [1.82, 2.24) is 25.4 Å². The van der Waals surface area contributed by atoms with Gasteiger partial charge in [0.1, 0.15) is 0 Å². The van der Waals surface area contributed by atoms with Crippen molar-refractivity contribution in [2.45, 2.75) is 26.3 Å². The molecule has 3 rings (SSSR count). The molecule has 2 aromatic rings. The summed E-state index contributed by atoms with van der Waals surface area (Å²) in [4.78, 5) is 26.7. The number of piperidine rings is 1. The fourth-order valence-corrected chi connectivity index (χ4v) is 3.68. The molecule has 0 atom stereocenters. The van der Waals surface area contributed by atoms with Crippen molar-refractivity contribution in [2.75, 3.05) is 18.0 Å². The number of halogens is 2. The second-order valence-corrected chi connectivity index (χ2v) is 8.72. The van der Waals surface area contributed by atoms with Gasteiger partial charge in [0.15, 0.2) is 18.1 Å². The van der Waals surface area contributed by atoms with Gasteiger partial charge in [0.05, 0.1) is 0 Å². The molecule has 2 aromatic heterocycles. The molecule has 0 aromatic carbocycles. The summed E-state index contributed by atoms with van der Waals surface area (Å²) in [5.74, 6) is -0.0718. The number of aliphatic carboxylic acids is 1. The Morgan fingerprint density at radius 2 is 2.06 bits per heavy atom. The maximum absolute atomic E-state index is 13.0. The lowest BCUT2D eigenvalue weighted by atomic mass is 9.88. The van der Waals surface area contributed by atoms with E-state index in [1.165, 1.54) is 0 Å². The number of hydrogen-bond donors (Lipinski definition) is 1. The predicted molar refractivity (Wildman–Crippen MR) is 120 cm³/mol. The highest BCUT2D eigenvalue weighted by Crippen LogP contribution is 2.30. The Hall–Kier alpha value is -2.60. The molecular formula is C19H20Br2N6O4. The van der Waals surface area contributed by atoms with Gasteiger partial charge in [-0.15, -0.1) is 10.2 Å². The summed E-state index contributed by atoms with van der Waals surface area (Å²) in [5.41, 5.74) is 0.558. The molecule has 0 spiro atoms. The van der Waals surface area contributed by atoms with Crippen LogP contribution in [0.15, 0.2) is 43.9 Å². The van der Waals surface area contributed by atoms with E-state index in [-0.39, 0.29) is 17.5 Å². The summed E-state index contributed by atoms with van der Waals surface area (Å²) in [6.45, 7) is 6.62. The molecule has 164 valence electrons. The first kappa shape index (κ1) is 23.1. The van der Waals surface area contributed by atoms with Crippen LogP contribution < -0.4 is 4.90 Å². The molecule has 12 heteroatoms. The molecule has 1 aliphatic rings. The van der Waals surface area contributed by atoms with Gasteiger partial charge >= 0.3 is 5.97 Å². The van der Waals surface area contributed by atoms with Gasteiger partial charge < -0.3 is 14.5 Å². The lowest BCUT2D eigenvalue weighted by molar-refractivity contribution is -0.138. The van der Waals surface area contributed by atoms with Crippen LogP contribution in [0.2, 0.25) is 0 Å². The Morgan fingerprint density at radius 3 is 2.68 bits per heavy atom. The number of Topliss-reactive ketones (excluding diaryl/α,β-unsaturated/α-hetero) is 1. The van der Waals surface area contributed by atoms with Gasteiger partial charge in [-0.3, -0.25) is 9.59 Å². The molecule has 3 heterocycles. The van der Waals surface area contributed by atoms with Crippen molar-refractivity contribution < 1.29 is 19.2 Å². The molecule has 1 fully saturated rings. The molecule has 0 bridgehead atoms. The summed E-state index contributed by atoms with van der Waals surface area (Å²) in [6, 6.07) is 1.68. The van der Waals surface area contributed by atoms with Crippen LogP contribution in [-0.4, -0.2) is 55.3 Å². The zero-order valence-corrected chi connectivity index (χ0v) is 19.8. The highest BCUT2D eigenvalue weighted by Gasteiger charge is 2.29. The lowest BCUT2D eigenvalue weighted by Crippen LogP contribution is -2.37. The molecule has 31 heavy (non-hydrogen) atoms. The molecule has 0 radical (unpaired) electrons. The minimum atomic E-state index is -1.07. The Balaban J connectivity index is 1.64. The second kappa shape index (κ2) is 10.1. The monoisotopic (exact) mass is 554 g/mol. The van der Waals surface area contributed by atoms with Gasteiger partial charge in [-0.2, -0.15) is 4.80 Å². The average Bonchev–Trinajstić information content (AvgIpc) is 3.40. The minimum absolute atomic E-state index is 0.0559. The van der Waals surface area contributed by atoms with E-state index in [9.17, 15) is 9.59 Å². The van der Waals surface area contributed by atoms with Gasteiger partial charge in [0.25, 0.3) is 0 Å². The van der Waals surface area contributed by atoms with Crippen LogP contribution in [0.1, 0.15) is 19.8 Å².